The molecule has 0 N–H and O–H groups in total. The predicted octanol–water partition coefficient (Wildman–Crippen LogP) is 15.4. The van der Waals surface area contributed by atoms with E-state index >= 15 is 0 Å². The van der Waals surface area contributed by atoms with Crippen LogP contribution >= 0.6 is 0 Å². The van der Waals surface area contributed by atoms with Crippen molar-refractivity contribution in [3.63, 3.8) is 0 Å². The van der Waals surface area contributed by atoms with Gasteiger partial charge in [0.15, 0.2) is 0 Å². The molecule has 0 aliphatic heterocycles. The summed E-state index contributed by atoms with van der Waals surface area (Å²) >= 11 is 0. The van der Waals surface area contributed by atoms with E-state index in [0.717, 1.165) is 0 Å². The summed E-state index contributed by atoms with van der Waals surface area (Å²) in [7, 11) is 0. The molecule has 1 aromatic rings. The van der Waals surface area contributed by atoms with E-state index in [1.54, 1.807) is 5.82 Å². The Morgan fingerprint density at radius 2 is 0.660 bits per heavy atom. The van der Waals surface area contributed by atoms with Gasteiger partial charge >= 0.3 is 0 Å². The first-order chi connectivity index (χ1) is 23.3. The zero-order valence-electron chi connectivity index (χ0n) is 33.1. The molecule has 2 nitrogen and oxygen atoms in total. The standard InChI is InChI=1S/C45H89N2/c1-4-7-10-13-16-19-22-24-25-28-31-34-37-40-45-46(41-38-35-32-29-26-21-18-15-12-9-6-3)43-44-47(45)42-39-36-33-30-27-23-20-17-14-11-8-5-2/h43-44H,4-42H2,1-3H3/q+1. The Morgan fingerprint density at radius 3 is 1.02 bits per heavy atom. The van der Waals surface area contributed by atoms with Gasteiger partial charge in [0.05, 0.1) is 13.1 Å². The van der Waals surface area contributed by atoms with Crippen LogP contribution in [-0.4, -0.2) is 4.57 Å². The van der Waals surface area contributed by atoms with Crippen LogP contribution in [0.25, 0.3) is 0 Å². The number of hydrogen-bond acceptors (Lipinski definition) is 0. The second kappa shape index (κ2) is 36.5. The summed E-state index contributed by atoms with van der Waals surface area (Å²) in [5.74, 6) is 1.63. The first-order valence-electron chi connectivity index (χ1n) is 22.4. The fourth-order valence-electron chi connectivity index (χ4n) is 7.56. The summed E-state index contributed by atoms with van der Waals surface area (Å²) in [4.78, 5) is 0. The number of hydrogen-bond donors (Lipinski definition) is 0. The van der Waals surface area contributed by atoms with Gasteiger partial charge in [0.25, 0.3) is 5.82 Å². The SMILES string of the molecule is CCCCCCCCCCCCCCCc1n(CCCCCCCCCCCCC)cc[n+]1CCCCCCCCCCCCCC. The highest BCUT2D eigenvalue weighted by atomic mass is 15.1. The van der Waals surface area contributed by atoms with Gasteiger partial charge in [0.1, 0.15) is 12.4 Å². The highest BCUT2D eigenvalue weighted by Crippen LogP contribution is 2.16. The van der Waals surface area contributed by atoms with Gasteiger partial charge in [-0.05, 0) is 32.1 Å². The highest BCUT2D eigenvalue weighted by Gasteiger charge is 2.16. The van der Waals surface area contributed by atoms with Gasteiger partial charge in [-0.1, -0.05) is 220 Å². The maximum atomic E-state index is 2.65. The van der Waals surface area contributed by atoms with E-state index in [9.17, 15) is 0 Å². The van der Waals surface area contributed by atoms with Crippen LogP contribution in [0.4, 0.5) is 0 Å². The molecule has 0 unspecified atom stereocenters. The molecule has 0 aliphatic rings. The quantitative estimate of drug-likeness (QED) is 0.0492. The van der Waals surface area contributed by atoms with E-state index in [4.69, 9.17) is 0 Å². The Labute approximate surface area is 298 Å². The molecule has 0 bridgehead atoms. The average molecular weight is 658 g/mol. The lowest BCUT2D eigenvalue weighted by Gasteiger charge is -2.07. The van der Waals surface area contributed by atoms with Crippen molar-refractivity contribution in [2.24, 2.45) is 0 Å². The zero-order chi connectivity index (χ0) is 33.7. The molecule has 47 heavy (non-hydrogen) atoms. The molecule has 1 heterocycles. The highest BCUT2D eigenvalue weighted by molar-refractivity contribution is 4.84. The molecular formula is C45H89N2+. The molecule has 0 spiro atoms. The van der Waals surface area contributed by atoms with Crippen molar-refractivity contribution >= 4 is 0 Å². The minimum Gasteiger partial charge on any atom is -0.234 e. The number of rotatable bonds is 39. The van der Waals surface area contributed by atoms with Gasteiger partial charge in [-0.15, -0.1) is 0 Å². The first-order valence-corrected chi connectivity index (χ1v) is 22.4. The van der Waals surface area contributed by atoms with Crippen LogP contribution < -0.4 is 4.57 Å². The topological polar surface area (TPSA) is 8.81 Å². The summed E-state index contributed by atoms with van der Waals surface area (Å²) in [6, 6.07) is 0. The number of aromatic nitrogens is 2. The van der Waals surface area contributed by atoms with Gasteiger partial charge in [-0.3, -0.25) is 0 Å². The zero-order valence-corrected chi connectivity index (χ0v) is 33.1. The predicted molar refractivity (Wildman–Crippen MR) is 212 cm³/mol. The Kier molecular flexibility index (Phi) is 34.3. The minimum atomic E-state index is 1.23. The molecule has 1 rings (SSSR count). The summed E-state index contributed by atoms with van der Waals surface area (Å²) in [6.07, 6.45) is 57.8. The van der Waals surface area contributed by atoms with Crippen molar-refractivity contribution in [3.05, 3.63) is 18.2 Å². The van der Waals surface area contributed by atoms with E-state index in [1.807, 2.05) is 0 Å². The van der Waals surface area contributed by atoms with Gasteiger partial charge < -0.3 is 0 Å². The molecule has 0 fully saturated rings. The maximum absolute atomic E-state index is 2.65. The number of unbranched alkanes of at least 4 members (excludes halogenated alkanes) is 33. The van der Waals surface area contributed by atoms with Crippen molar-refractivity contribution in [2.75, 3.05) is 0 Å². The molecule has 0 saturated carbocycles. The third-order valence-corrected chi connectivity index (χ3v) is 10.8. The third kappa shape index (κ3) is 28.7. The van der Waals surface area contributed by atoms with E-state index in [2.05, 4.69) is 42.3 Å². The molecule has 0 aromatic carbocycles. The summed E-state index contributed by atoms with van der Waals surface area (Å²) in [5, 5.41) is 0. The normalized spacial score (nSPS) is 11.6. The van der Waals surface area contributed by atoms with Crippen LogP contribution in [0.15, 0.2) is 12.4 Å². The smallest absolute Gasteiger partial charge is 0.234 e. The Hall–Kier alpha value is -0.790. The van der Waals surface area contributed by atoms with Gasteiger partial charge in [0, 0.05) is 6.42 Å². The van der Waals surface area contributed by atoms with Crippen molar-refractivity contribution < 1.29 is 4.57 Å². The first kappa shape index (κ1) is 44.2. The number of nitrogens with zero attached hydrogens (tertiary/aromatic N) is 2. The molecular weight excluding hydrogens is 569 g/mol. The van der Waals surface area contributed by atoms with Crippen LogP contribution in [0.2, 0.25) is 0 Å². The second-order valence-electron chi connectivity index (χ2n) is 15.5. The molecule has 0 radical (unpaired) electrons. The van der Waals surface area contributed by atoms with Crippen LogP contribution in [0.3, 0.4) is 0 Å². The summed E-state index contributed by atoms with van der Waals surface area (Å²) in [6.45, 7) is 9.41. The van der Waals surface area contributed by atoms with E-state index in [0.29, 0.717) is 0 Å². The fraction of sp³-hybridized carbons (Fsp3) is 0.933. The molecule has 0 saturated heterocycles. The summed E-state index contributed by atoms with van der Waals surface area (Å²) in [5.41, 5.74) is 0. The van der Waals surface area contributed by atoms with E-state index in [1.165, 1.54) is 251 Å². The molecule has 0 amide bonds. The van der Waals surface area contributed by atoms with Crippen molar-refractivity contribution in [1.82, 2.24) is 4.57 Å². The summed E-state index contributed by atoms with van der Waals surface area (Å²) < 4.78 is 5.30. The van der Waals surface area contributed by atoms with Crippen molar-refractivity contribution in [2.45, 2.75) is 271 Å². The van der Waals surface area contributed by atoms with Gasteiger partial charge in [0.2, 0.25) is 0 Å². The molecule has 2 heteroatoms. The van der Waals surface area contributed by atoms with Crippen molar-refractivity contribution in [1.29, 1.82) is 0 Å². The van der Waals surface area contributed by atoms with Crippen LogP contribution in [0.5, 0.6) is 0 Å². The van der Waals surface area contributed by atoms with Gasteiger partial charge in [-0.25, -0.2) is 9.13 Å². The average Bonchev–Trinajstić information content (AvgIpc) is 3.47. The number of aryl methyl sites for hydroxylation is 2. The lowest BCUT2D eigenvalue weighted by Crippen LogP contribution is -2.37. The molecule has 0 aliphatic carbocycles. The van der Waals surface area contributed by atoms with E-state index < -0.39 is 0 Å². The third-order valence-electron chi connectivity index (χ3n) is 10.8. The largest absolute Gasteiger partial charge is 0.256 e. The van der Waals surface area contributed by atoms with Crippen LogP contribution in [-0.2, 0) is 19.5 Å². The Bertz CT molecular complexity index is 722. The Morgan fingerprint density at radius 1 is 0.362 bits per heavy atom. The lowest BCUT2D eigenvalue weighted by atomic mass is 10.0. The van der Waals surface area contributed by atoms with Crippen molar-refractivity contribution in [3.8, 4) is 0 Å². The molecule has 1 aromatic heterocycles. The Balaban J connectivity index is 2.29. The lowest BCUT2D eigenvalue weighted by molar-refractivity contribution is -0.704. The second-order valence-corrected chi connectivity index (χ2v) is 15.5. The van der Waals surface area contributed by atoms with Crippen LogP contribution in [0.1, 0.15) is 258 Å². The number of imidazole rings is 1. The van der Waals surface area contributed by atoms with Crippen LogP contribution in [0, 0.1) is 0 Å². The van der Waals surface area contributed by atoms with E-state index in [-0.39, 0.29) is 0 Å². The molecule has 0 atom stereocenters. The maximum Gasteiger partial charge on any atom is 0.256 e. The monoisotopic (exact) mass is 658 g/mol. The van der Waals surface area contributed by atoms with Gasteiger partial charge in [-0.2, -0.15) is 0 Å². The molecule has 278 valence electrons. The fourth-order valence-corrected chi connectivity index (χ4v) is 7.56. The minimum absolute atomic E-state index is 1.23.